The minimum atomic E-state index is -0.909. The van der Waals surface area contributed by atoms with Crippen LogP contribution in [0.5, 0.6) is 11.5 Å². The topological polar surface area (TPSA) is 93.2 Å². The quantitative estimate of drug-likeness (QED) is 0.206. The molecule has 2 unspecified atom stereocenters. The summed E-state index contributed by atoms with van der Waals surface area (Å²) in [4.78, 5) is 16.5. The van der Waals surface area contributed by atoms with E-state index in [0.29, 0.717) is 45.9 Å². The van der Waals surface area contributed by atoms with Crippen LogP contribution in [0.2, 0.25) is 0 Å². The number of nitrogens with zero attached hydrogens (tertiary/aromatic N) is 1. The lowest BCUT2D eigenvalue weighted by atomic mass is 9.87. The Labute approximate surface area is 234 Å². The molecule has 3 aromatic carbocycles. The number of likely N-dealkylation sites (tertiary alicyclic amines) is 1. The highest BCUT2D eigenvalue weighted by Gasteiger charge is 2.33. The Morgan fingerprint density at radius 1 is 1.00 bits per heavy atom. The fourth-order valence-electron chi connectivity index (χ4n) is 5.22. The van der Waals surface area contributed by atoms with E-state index in [1.54, 1.807) is 7.11 Å². The largest absolute Gasteiger partial charge is 0.496 e. The number of carboxylic acid groups (broad SMARTS) is 1. The van der Waals surface area contributed by atoms with Crippen molar-refractivity contribution in [3.8, 4) is 11.5 Å². The summed E-state index contributed by atoms with van der Waals surface area (Å²) in [6.45, 7) is 2.87. The molecule has 1 aliphatic rings. The van der Waals surface area contributed by atoms with Gasteiger partial charge in [0.15, 0.2) is 0 Å². The Hall–Kier alpha value is -4.01. The predicted molar refractivity (Wildman–Crippen MR) is 153 cm³/mol. The van der Waals surface area contributed by atoms with Crippen molar-refractivity contribution in [2.45, 2.75) is 38.1 Å². The molecule has 210 valence electrons. The lowest BCUT2D eigenvalue weighted by molar-refractivity contribution is -0.0209. The minimum absolute atomic E-state index is 0.0948. The van der Waals surface area contributed by atoms with Gasteiger partial charge in [-0.05, 0) is 47.7 Å². The summed E-state index contributed by atoms with van der Waals surface area (Å²) in [5, 5.41) is 10.7. The second kappa shape index (κ2) is 13.4. The lowest BCUT2D eigenvalue weighted by Gasteiger charge is -2.37. The number of ether oxygens (including phenoxy) is 4. The van der Waals surface area contributed by atoms with Gasteiger partial charge in [-0.3, -0.25) is 0 Å². The second-order valence-electron chi connectivity index (χ2n) is 9.99. The van der Waals surface area contributed by atoms with Crippen molar-refractivity contribution in [3.05, 3.63) is 95.7 Å². The van der Waals surface area contributed by atoms with Crippen molar-refractivity contribution in [3.63, 3.8) is 0 Å². The van der Waals surface area contributed by atoms with Gasteiger partial charge in [0.25, 0.3) is 0 Å². The molecule has 2 heterocycles. The molecule has 8 nitrogen and oxygen atoms in total. The molecule has 1 aromatic heterocycles. The van der Waals surface area contributed by atoms with E-state index in [-0.39, 0.29) is 12.0 Å². The standard InChI is InChI=1S/C32H36N2O6/c1-37-30-10-5-3-8-25(30)21-38-17-6-18-39-27-13-11-23(12-14-27)28-15-16-34(32(35)36)20-31(28)40-22-26-19-24-7-2-4-9-29(24)33-26/h2-5,7-14,19,28,31,33H,6,15-18,20-22H2,1H3,(H,35,36). The summed E-state index contributed by atoms with van der Waals surface area (Å²) < 4.78 is 23.4. The lowest BCUT2D eigenvalue weighted by Crippen LogP contribution is -2.46. The minimum Gasteiger partial charge on any atom is -0.496 e. The second-order valence-corrected chi connectivity index (χ2v) is 9.99. The molecule has 0 spiro atoms. The molecule has 2 N–H and O–H groups in total. The zero-order valence-electron chi connectivity index (χ0n) is 22.8. The maximum Gasteiger partial charge on any atom is 0.407 e. The van der Waals surface area contributed by atoms with E-state index in [9.17, 15) is 9.90 Å². The third-order valence-electron chi connectivity index (χ3n) is 7.33. The van der Waals surface area contributed by atoms with Gasteiger partial charge in [0.05, 0.1) is 46.2 Å². The predicted octanol–water partition coefficient (Wildman–Crippen LogP) is 6.21. The smallest absolute Gasteiger partial charge is 0.407 e. The highest BCUT2D eigenvalue weighted by molar-refractivity contribution is 5.80. The summed E-state index contributed by atoms with van der Waals surface area (Å²) >= 11 is 0. The van der Waals surface area contributed by atoms with Gasteiger partial charge in [0.2, 0.25) is 0 Å². The number of carbonyl (C=O) groups is 1. The van der Waals surface area contributed by atoms with Crippen LogP contribution in [0.15, 0.2) is 78.9 Å². The summed E-state index contributed by atoms with van der Waals surface area (Å²) in [6, 6.07) is 26.1. The van der Waals surface area contributed by atoms with Gasteiger partial charge in [0.1, 0.15) is 11.5 Å². The molecule has 2 atom stereocenters. The third kappa shape index (κ3) is 6.94. The number of aromatic nitrogens is 1. The summed E-state index contributed by atoms with van der Waals surface area (Å²) in [6.07, 6.45) is 0.318. The van der Waals surface area contributed by atoms with Crippen LogP contribution in [-0.2, 0) is 22.7 Å². The molecule has 1 fully saturated rings. The van der Waals surface area contributed by atoms with Crippen molar-refractivity contribution in [2.24, 2.45) is 0 Å². The normalized spacial score (nSPS) is 17.2. The molecule has 1 aliphatic heterocycles. The van der Waals surface area contributed by atoms with Crippen molar-refractivity contribution in [1.29, 1.82) is 0 Å². The summed E-state index contributed by atoms with van der Waals surface area (Å²) in [7, 11) is 1.66. The number of benzene rings is 3. The number of para-hydroxylation sites is 2. The van der Waals surface area contributed by atoms with Crippen molar-refractivity contribution < 1.29 is 28.8 Å². The first-order valence-corrected chi connectivity index (χ1v) is 13.7. The number of nitrogens with one attached hydrogen (secondary N) is 1. The molecule has 5 rings (SSSR count). The zero-order chi connectivity index (χ0) is 27.7. The van der Waals surface area contributed by atoms with E-state index in [1.807, 2.05) is 54.6 Å². The Bertz CT molecular complexity index is 1350. The number of fused-ring (bicyclic) bond motifs is 1. The fourth-order valence-corrected chi connectivity index (χ4v) is 5.22. The van der Waals surface area contributed by atoms with Crippen molar-refractivity contribution in [2.75, 3.05) is 33.4 Å². The van der Waals surface area contributed by atoms with Gasteiger partial charge in [0, 0.05) is 35.7 Å². The number of piperidine rings is 1. The number of aromatic amines is 1. The van der Waals surface area contributed by atoms with Gasteiger partial charge in [-0.2, -0.15) is 0 Å². The first kappa shape index (κ1) is 27.6. The van der Waals surface area contributed by atoms with E-state index in [2.05, 4.69) is 29.2 Å². The SMILES string of the molecule is COc1ccccc1COCCCOc1ccc(C2CCN(C(=O)O)CC2OCc2cc3ccccc3[nH]2)cc1. The van der Waals surface area contributed by atoms with Crippen LogP contribution in [0, 0.1) is 0 Å². The maximum absolute atomic E-state index is 11.7. The highest BCUT2D eigenvalue weighted by Crippen LogP contribution is 2.32. The Morgan fingerprint density at radius 2 is 1.80 bits per heavy atom. The fraction of sp³-hybridized carbons (Fsp3) is 0.344. The summed E-state index contributed by atoms with van der Waals surface area (Å²) in [5.41, 5.74) is 4.19. The van der Waals surface area contributed by atoms with Crippen LogP contribution >= 0.6 is 0 Å². The van der Waals surface area contributed by atoms with Gasteiger partial charge in [-0.15, -0.1) is 0 Å². The van der Waals surface area contributed by atoms with Gasteiger partial charge >= 0.3 is 6.09 Å². The molecule has 1 amide bonds. The van der Waals surface area contributed by atoms with Crippen molar-refractivity contribution in [1.82, 2.24) is 9.88 Å². The van der Waals surface area contributed by atoms with E-state index in [1.165, 1.54) is 4.90 Å². The van der Waals surface area contributed by atoms with Gasteiger partial charge in [-0.1, -0.05) is 48.5 Å². The molecule has 8 heteroatoms. The average Bonchev–Trinajstić information content (AvgIpc) is 3.41. The third-order valence-corrected chi connectivity index (χ3v) is 7.33. The highest BCUT2D eigenvalue weighted by atomic mass is 16.5. The summed E-state index contributed by atoms with van der Waals surface area (Å²) in [5.74, 6) is 1.72. The molecular weight excluding hydrogens is 508 g/mol. The van der Waals surface area contributed by atoms with Gasteiger partial charge in [-0.25, -0.2) is 4.79 Å². The van der Waals surface area contributed by atoms with Crippen LogP contribution in [0.3, 0.4) is 0 Å². The number of methoxy groups -OCH3 is 1. The molecule has 0 bridgehead atoms. The molecule has 0 aliphatic carbocycles. The van der Waals surface area contributed by atoms with Gasteiger partial charge < -0.3 is 33.9 Å². The van der Waals surface area contributed by atoms with Crippen LogP contribution < -0.4 is 9.47 Å². The Balaban J connectivity index is 1.12. The van der Waals surface area contributed by atoms with Crippen LogP contribution in [0.25, 0.3) is 10.9 Å². The number of rotatable bonds is 12. The molecule has 40 heavy (non-hydrogen) atoms. The van der Waals surface area contributed by atoms with E-state index >= 15 is 0 Å². The van der Waals surface area contributed by atoms with E-state index in [4.69, 9.17) is 18.9 Å². The Kier molecular flexibility index (Phi) is 9.21. The van der Waals surface area contributed by atoms with E-state index in [0.717, 1.165) is 45.6 Å². The monoisotopic (exact) mass is 544 g/mol. The Morgan fingerprint density at radius 3 is 2.60 bits per heavy atom. The van der Waals surface area contributed by atoms with Crippen molar-refractivity contribution >= 4 is 17.0 Å². The average molecular weight is 545 g/mol. The molecule has 1 saturated heterocycles. The number of hydrogen-bond donors (Lipinski definition) is 2. The molecule has 4 aromatic rings. The molecular formula is C32H36N2O6. The number of H-pyrrole nitrogens is 1. The first-order chi connectivity index (χ1) is 19.6. The van der Waals surface area contributed by atoms with E-state index < -0.39 is 6.09 Å². The number of amides is 1. The van der Waals surface area contributed by atoms with Crippen LogP contribution in [-0.4, -0.2) is 60.6 Å². The molecule has 0 saturated carbocycles. The van der Waals surface area contributed by atoms with Crippen LogP contribution in [0.4, 0.5) is 4.79 Å². The van der Waals surface area contributed by atoms with Crippen LogP contribution in [0.1, 0.15) is 35.6 Å². The zero-order valence-corrected chi connectivity index (χ0v) is 22.8. The number of hydrogen-bond acceptors (Lipinski definition) is 5. The maximum atomic E-state index is 11.7. The first-order valence-electron chi connectivity index (χ1n) is 13.7. The molecule has 0 radical (unpaired) electrons.